The van der Waals surface area contributed by atoms with E-state index >= 15 is 0 Å². The highest BCUT2D eigenvalue weighted by molar-refractivity contribution is 7.10. The second-order valence-electron chi connectivity index (χ2n) is 7.74. The van der Waals surface area contributed by atoms with Crippen LogP contribution < -0.4 is 10.5 Å². The topological polar surface area (TPSA) is 70.2 Å². The highest BCUT2D eigenvalue weighted by atomic mass is 32.1. The third kappa shape index (κ3) is 4.23. The maximum atomic E-state index is 12.3. The molecule has 0 bridgehead atoms. The number of benzene rings is 2. The smallest absolute Gasteiger partial charge is 0.442 e. The molecule has 0 unspecified atom stereocenters. The maximum absolute atomic E-state index is 12.3. The minimum atomic E-state index is -0.501. The van der Waals surface area contributed by atoms with Crippen molar-refractivity contribution in [2.45, 2.75) is 31.7 Å². The van der Waals surface area contributed by atoms with Crippen LogP contribution in [0, 0.1) is 11.8 Å². The first-order valence-corrected chi connectivity index (χ1v) is 11.3. The van der Waals surface area contributed by atoms with Gasteiger partial charge in [-0.2, -0.15) is 0 Å². The Labute approximate surface area is 189 Å². The van der Waals surface area contributed by atoms with Crippen LogP contribution in [0.2, 0.25) is 0 Å². The highest BCUT2D eigenvalue weighted by Gasteiger charge is 2.21. The molecule has 1 fully saturated rings. The number of thiazole rings is 1. The summed E-state index contributed by atoms with van der Waals surface area (Å²) in [6.45, 7) is 0.348. The van der Waals surface area contributed by atoms with Crippen LogP contribution in [0.5, 0.6) is 5.75 Å². The number of aromatic nitrogens is 3. The van der Waals surface area contributed by atoms with Crippen LogP contribution in [0.4, 0.5) is 0 Å². The number of methoxy groups -OCH3 is 1. The number of ether oxygens (including phenoxy) is 1. The van der Waals surface area contributed by atoms with Crippen LogP contribution in [-0.2, 0) is 6.54 Å². The van der Waals surface area contributed by atoms with Crippen molar-refractivity contribution in [1.82, 2.24) is 14.7 Å². The van der Waals surface area contributed by atoms with E-state index in [9.17, 15) is 4.79 Å². The molecular weight excluding hydrogens is 422 g/mol. The molecule has 0 saturated heterocycles. The molecule has 7 heteroatoms. The molecule has 2 heterocycles. The van der Waals surface area contributed by atoms with Crippen LogP contribution >= 0.6 is 11.3 Å². The molecule has 4 aromatic rings. The summed E-state index contributed by atoms with van der Waals surface area (Å²) in [4.78, 5) is 17.0. The van der Waals surface area contributed by atoms with Gasteiger partial charge in [0, 0.05) is 22.4 Å². The quantitative estimate of drug-likeness (QED) is 0.419. The van der Waals surface area contributed by atoms with Crippen molar-refractivity contribution in [3.05, 3.63) is 86.3 Å². The first-order valence-electron chi connectivity index (χ1n) is 10.5. The van der Waals surface area contributed by atoms with Crippen molar-refractivity contribution in [3.63, 3.8) is 0 Å². The van der Waals surface area contributed by atoms with Crippen LogP contribution in [0.25, 0.3) is 11.4 Å². The summed E-state index contributed by atoms with van der Waals surface area (Å²) in [5, 5.41) is 6.96. The number of nitrogens with zero attached hydrogens (tertiary/aromatic N) is 3. The molecule has 1 aliphatic carbocycles. The minimum Gasteiger partial charge on any atom is -0.497 e. The van der Waals surface area contributed by atoms with Gasteiger partial charge < -0.3 is 4.74 Å². The zero-order valence-electron chi connectivity index (χ0n) is 17.6. The predicted octanol–water partition coefficient (Wildman–Crippen LogP) is 4.68. The van der Waals surface area contributed by atoms with E-state index in [-0.39, 0.29) is 0 Å². The number of rotatable bonds is 5. The Bertz CT molecular complexity index is 1350. The van der Waals surface area contributed by atoms with Gasteiger partial charge in [0.05, 0.1) is 19.3 Å². The fraction of sp³-hybridized carbons (Fsp3) is 0.240. The van der Waals surface area contributed by atoms with Crippen molar-refractivity contribution in [3.8, 4) is 29.0 Å². The molecule has 0 spiro atoms. The molecule has 160 valence electrons. The Morgan fingerprint density at radius 2 is 2.03 bits per heavy atom. The molecule has 0 N–H and O–H groups in total. The van der Waals surface area contributed by atoms with E-state index in [1.807, 2.05) is 48.5 Å². The number of hydrogen-bond acceptors (Lipinski definition) is 6. The van der Waals surface area contributed by atoms with E-state index in [0.29, 0.717) is 18.3 Å². The lowest BCUT2D eigenvalue weighted by Gasteiger charge is -2.22. The third-order valence-corrected chi connectivity index (χ3v) is 6.44. The lowest BCUT2D eigenvalue weighted by molar-refractivity contribution is 0.378. The first-order chi connectivity index (χ1) is 15.7. The highest BCUT2D eigenvalue weighted by Crippen LogP contribution is 2.36. The second kappa shape index (κ2) is 8.85. The molecule has 5 rings (SSSR count). The van der Waals surface area contributed by atoms with E-state index in [0.717, 1.165) is 27.4 Å². The molecule has 6 nitrogen and oxygen atoms in total. The van der Waals surface area contributed by atoms with Gasteiger partial charge in [-0.15, -0.1) is 11.3 Å². The van der Waals surface area contributed by atoms with E-state index in [2.05, 4.69) is 27.4 Å². The molecule has 0 atom stereocenters. The predicted molar refractivity (Wildman–Crippen MR) is 123 cm³/mol. The Hall–Kier alpha value is -3.63. The summed E-state index contributed by atoms with van der Waals surface area (Å²) < 4.78 is 11.7. The summed E-state index contributed by atoms with van der Waals surface area (Å²) >= 11 is 1.59. The fourth-order valence-electron chi connectivity index (χ4n) is 3.63. The molecular formula is C25H21N3O3S. The van der Waals surface area contributed by atoms with E-state index in [1.54, 1.807) is 18.4 Å². The van der Waals surface area contributed by atoms with Gasteiger partial charge in [0.2, 0.25) is 0 Å². The van der Waals surface area contributed by atoms with Gasteiger partial charge in [0.1, 0.15) is 5.75 Å². The van der Waals surface area contributed by atoms with E-state index in [4.69, 9.17) is 9.26 Å². The molecule has 2 aromatic heterocycles. The van der Waals surface area contributed by atoms with Gasteiger partial charge in [-0.25, -0.2) is 9.78 Å². The van der Waals surface area contributed by atoms with Crippen LogP contribution in [-0.4, -0.2) is 21.8 Å². The average Bonchev–Trinajstić information content (AvgIpc) is 3.39. The normalized spacial score (nSPS) is 13.3. The number of hydrogen-bond donors (Lipinski definition) is 0. The molecule has 1 saturated carbocycles. The van der Waals surface area contributed by atoms with Gasteiger partial charge in [-0.05, 0) is 48.6 Å². The summed E-state index contributed by atoms with van der Waals surface area (Å²) in [7, 11) is 1.62. The molecule has 2 aromatic carbocycles. The van der Waals surface area contributed by atoms with Crippen molar-refractivity contribution >= 4 is 11.3 Å². The molecule has 32 heavy (non-hydrogen) atoms. The molecule has 0 amide bonds. The van der Waals surface area contributed by atoms with Gasteiger partial charge in [-0.3, -0.25) is 9.09 Å². The summed E-state index contributed by atoms with van der Waals surface area (Å²) in [5.41, 5.74) is 3.71. The van der Waals surface area contributed by atoms with Crippen molar-refractivity contribution in [2.24, 2.45) is 0 Å². The average molecular weight is 444 g/mol. The maximum Gasteiger partial charge on any atom is 0.442 e. The summed E-state index contributed by atoms with van der Waals surface area (Å²) in [6.07, 6.45) is 3.75. The lowest BCUT2D eigenvalue weighted by Crippen LogP contribution is -2.16. The Morgan fingerprint density at radius 1 is 1.19 bits per heavy atom. The van der Waals surface area contributed by atoms with Crippen molar-refractivity contribution in [1.29, 1.82) is 0 Å². The zero-order valence-corrected chi connectivity index (χ0v) is 18.4. The van der Waals surface area contributed by atoms with Crippen molar-refractivity contribution < 1.29 is 9.26 Å². The van der Waals surface area contributed by atoms with Crippen LogP contribution in [0.1, 0.15) is 47.0 Å². The molecule has 0 radical (unpaired) electrons. The van der Waals surface area contributed by atoms with Gasteiger partial charge in [-0.1, -0.05) is 41.8 Å². The van der Waals surface area contributed by atoms with Gasteiger partial charge in [0.25, 0.3) is 0 Å². The largest absolute Gasteiger partial charge is 0.497 e. The van der Waals surface area contributed by atoms with Gasteiger partial charge >= 0.3 is 5.76 Å². The molecule has 1 aliphatic rings. The standard InChI is InChI=1S/C25H21N3O3S/c1-30-21-11-8-18(9-12-21)15-28-24(27-31-25(28)29)20-7-2-4-17(14-20)10-13-23-26-22(16-32-23)19-5-3-6-19/h2,4,7-9,11-12,14,16,19H,3,5-6,15H2,1H3. The zero-order chi connectivity index (χ0) is 21.9. The van der Waals surface area contributed by atoms with Gasteiger partial charge in [0.15, 0.2) is 10.8 Å². The summed E-state index contributed by atoms with van der Waals surface area (Å²) in [5.74, 6) is 7.69. The van der Waals surface area contributed by atoms with Crippen LogP contribution in [0.15, 0.2) is 63.2 Å². The minimum absolute atomic E-state index is 0.348. The van der Waals surface area contributed by atoms with Crippen LogP contribution in [0.3, 0.4) is 0 Å². The Morgan fingerprint density at radius 3 is 2.78 bits per heavy atom. The third-order valence-electron chi connectivity index (χ3n) is 5.67. The fourth-order valence-corrected chi connectivity index (χ4v) is 4.37. The second-order valence-corrected chi connectivity index (χ2v) is 8.60. The first kappa shape index (κ1) is 20.3. The van der Waals surface area contributed by atoms with E-state index in [1.165, 1.54) is 29.5 Å². The Balaban J connectivity index is 1.39. The lowest BCUT2D eigenvalue weighted by atomic mass is 9.83. The SMILES string of the molecule is COc1ccc(Cn2c(-c3cccc(C#Cc4nc(C5CCC5)cs4)c3)noc2=O)cc1. The molecule has 0 aliphatic heterocycles. The van der Waals surface area contributed by atoms with Crippen molar-refractivity contribution in [2.75, 3.05) is 7.11 Å². The van der Waals surface area contributed by atoms with E-state index < -0.39 is 5.76 Å². The monoisotopic (exact) mass is 443 g/mol. The Kier molecular flexibility index (Phi) is 5.61. The summed E-state index contributed by atoms with van der Waals surface area (Å²) in [6, 6.07) is 15.2.